The average molecular weight is 256 g/mol. The summed E-state index contributed by atoms with van der Waals surface area (Å²) >= 11 is 1.50. The number of nitrogens with zero attached hydrogens (tertiary/aromatic N) is 1. The molecule has 1 atom stereocenters. The van der Waals surface area contributed by atoms with Gasteiger partial charge in [-0.25, -0.2) is 0 Å². The maximum atomic E-state index is 11.7. The molecule has 1 unspecified atom stereocenters. The molecule has 5 nitrogen and oxygen atoms in total. The first-order chi connectivity index (χ1) is 7.96. The third-order valence-electron chi connectivity index (χ3n) is 2.13. The summed E-state index contributed by atoms with van der Waals surface area (Å²) < 4.78 is 0. The standard InChI is InChI=1S/C11H16N2O3S/c1-11(16,7-17-2)6-13-10(15)8-3-4-12-5-9(8)14/h3-5,14,16H,6-7H2,1-2H3,(H,13,15). The quantitative estimate of drug-likeness (QED) is 0.720. The Labute approximate surface area is 104 Å². The van der Waals surface area contributed by atoms with Gasteiger partial charge in [0.05, 0.1) is 17.4 Å². The number of carbonyl (C=O) groups is 1. The van der Waals surface area contributed by atoms with Crippen LogP contribution in [0.1, 0.15) is 17.3 Å². The number of thioether (sulfide) groups is 1. The molecule has 3 N–H and O–H groups in total. The summed E-state index contributed by atoms with van der Waals surface area (Å²) in [6, 6.07) is 1.42. The number of nitrogens with one attached hydrogen (secondary N) is 1. The SMILES string of the molecule is CSCC(C)(O)CNC(=O)c1ccncc1O. The topological polar surface area (TPSA) is 82.5 Å². The van der Waals surface area contributed by atoms with Crippen molar-refractivity contribution >= 4 is 17.7 Å². The summed E-state index contributed by atoms with van der Waals surface area (Å²) in [6.07, 6.45) is 4.51. The molecule has 0 bridgehead atoms. The van der Waals surface area contributed by atoms with E-state index in [4.69, 9.17) is 0 Å². The summed E-state index contributed by atoms with van der Waals surface area (Å²) in [5.41, 5.74) is -0.808. The van der Waals surface area contributed by atoms with E-state index >= 15 is 0 Å². The van der Waals surface area contributed by atoms with Crippen LogP contribution in [-0.4, -0.2) is 45.3 Å². The first-order valence-corrected chi connectivity index (χ1v) is 6.48. The van der Waals surface area contributed by atoms with Crippen LogP contribution in [0.25, 0.3) is 0 Å². The Kier molecular flexibility index (Phi) is 4.77. The monoisotopic (exact) mass is 256 g/mol. The predicted molar refractivity (Wildman–Crippen MR) is 67.2 cm³/mol. The highest BCUT2D eigenvalue weighted by atomic mass is 32.2. The lowest BCUT2D eigenvalue weighted by Crippen LogP contribution is -2.42. The van der Waals surface area contributed by atoms with Crippen molar-refractivity contribution in [2.75, 3.05) is 18.6 Å². The number of rotatable bonds is 5. The first kappa shape index (κ1) is 13.8. The van der Waals surface area contributed by atoms with Gasteiger partial charge in [-0.05, 0) is 19.2 Å². The molecule has 1 aromatic rings. The van der Waals surface area contributed by atoms with Crippen LogP contribution in [0.15, 0.2) is 18.5 Å². The highest BCUT2D eigenvalue weighted by Gasteiger charge is 2.21. The zero-order valence-electron chi connectivity index (χ0n) is 9.80. The van der Waals surface area contributed by atoms with Crippen molar-refractivity contribution in [3.8, 4) is 5.75 Å². The van der Waals surface area contributed by atoms with Crippen LogP contribution in [0.4, 0.5) is 0 Å². The smallest absolute Gasteiger partial charge is 0.255 e. The summed E-state index contributed by atoms with van der Waals surface area (Å²) in [7, 11) is 0. The van der Waals surface area contributed by atoms with Crippen LogP contribution < -0.4 is 5.32 Å². The maximum absolute atomic E-state index is 11.7. The minimum atomic E-state index is -0.961. The Morgan fingerprint density at radius 2 is 2.35 bits per heavy atom. The van der Waals surface area contributed by atoms with Gasteiger partial charge in [0.2, 0.25) is 0 Å². The van der Waals surface area contributed by atoms with E-state index in [-0.39, 0.29) is 17.9 Å². The van der Waals surface area contributed by atoms with Crippen LogP contribution in [0.3, 0.4) is 0 Å². The fourth-order valence-electron chi connectivity index (χ4n) is 1.31. The fourth-order valence-corrected chi connectivity index (χ4v) is 2.03. The molecule has 94 valence electrons. The van der Waals surface area contributed by atoms with E-state index in [0.717, 1.165) is 0 Å². The van der Waals surface area contributed by atoms with E-state index in [9.17, 15) is 15.0 Å². The molecule has 0 aromatic carbocycles. The van der Waals surface area contributed by atoms with Crippen LogP contribution in [0.5, 0.6) is 5.75 Å². The number of aliphatic hydroxyl groups is 1. The summed E-state index contributed by atoms with van der Waals surface area (Å²) in [5, 5.41) is 21.9. The highest BCUT2D eigenvalue weighted by molar-refractivity contribution is 7.98. The molecule has 6 heteroatoms. The molecule has 17 heavy (non-hydrogen) atoms. The lowest BCUT2D eigenvalue weighted by Gasteiger charge is -2.22. The number of carbonyl (C=O) groups excluding carboxylic acids is 1. The minimum Gasteiger partial charge on any atom is -0.505 e. The van der Waals surface area contributed by atoms with Crippen molar-refractivity contribution in [3.05, 3.63) is 24.0 Å². The Hall–Kier alpha value is -1.27. The van der Waals surface area contributed by atoms with E-state index in [0.29, 0.717) is 5.75 Å². The molecule has 0 aliphatic carbocycles. The van der Waals surface area contributed by atoms with Crippen molar-refractivity contribution in [2.24, 2.45) is 0 Å². The number of pyridine rings is 1. The molecular weight excluding hydrogens is 240 g/mol. The molecule has 0 saturated heterocycles. The molecule has 0 aliphatic heterocycles. The number of amides is 1. The van der Waals surface area contributed by atoms with E-state index < -0.39 is 11.5 Å². The van der Waals surface area contributed by atoms with Gasteiger partial charge < -0.3 is 15.5 Å². The third kappa shape index (κ3) is 4.24. The summed E-state index contributed by atoms with van der Waals surface area (Å²) in [6.45, 7) is 1.78. The minimum absolute atomic E-state index is 0.133. The van der Waals surface area contributed by atoms with Gasteiger partial charge in [0.15, 0.2) is 0 Å². The molecule has 1 heterocycles. The van der Waals surface area contributed by atoms with Gasteiger partial charge in [-0.2, -0.15) is 11.8 Å². The average Bonchev–Trinajstić information content (AvgIpc) is 2.27. The second-order valence-electron chi connectivity index (χ2n) is 4.01. The predicted octanol–water partition coefficient (Wildman–Crippen LogP) is 0.631. The van der Waals surface area contributed by atoms with Gasteiger partial charge >= 0.3 is 0 Å². The van der Waals surface area contributed by atoms with Gasteiger partial charge in [-0.1, -0.05) is 0 Å². The lowest BCUT2D eigenvalue weighted by atomic mass is 10.1. The fraction of sp³-hybridized carbons (Fsp3) is 0.455. The van der Waals surface area contributed by atoms with Crippen LogP contribution >= 0.6 is 11.8 Å². The molecule has 1 amide bonds. The van der Waals surface area contributed by atoms with Crippen molar-refractivity contribution in [3.63, 3.8) is 0 Å². The Morgan fingerprint density at radius 3 is 2.94 bits per heavy atom. The molecule has 0 spiro atoms. The number of aromatic hydroxyl groups is 1. The Balaban J connectivity index is 2.59. The van der Waals surface area contributed by atoms with Crippen molar-refractivity contribution < 1.29 is 15.0 Å². The van der Waals surface area contributed by atoms with Crippen LogP contribution in [0.2, 0.25) is 0 Å². The molecule has 0 aliphatic rings. The van der Waals surface area contributed by atoms with Gasteiger partial charge in [0, 0.05) is 18.5 Å². The molecule has 1 aromatic heterocycles. The van der Waals surface area contributed by atoms with Gasteiger partial charge in [0.25, 0.3) is 5.91 Å². The van der Waals surface area contributed by atoms with Gasteiger partial charge in [-0.3, -0.25) is 9.78 Å². The van der Waals surface area contributed by atoms with Crippen molar-refractivity contribution in [1.82, 2.24) is 10.3 Å². The maximum Gasteiger partial charge on any atom is 0.255 e. The number of hydrogen-bond acceptors (Lipinski definition) is 5. The van der Waals surface area contributed by atoms with Crippen molar-refractivity contribution in [1.29, 1.82) is 0 Å². The largest absolute Gasteiger partial charge is 0.505 e. The van der Waals surface area contributed by atoms with E-state index in [2.05, 4.69) is 10.3 Å². The number of hydrogen-bond donors (Lipinski definition) is 3. The summed E-state index contributed by atoms with van der Waals surface area (Å²) in [4.78, 5) is 15.4. The second-order valence-corrected chi connectivity index (χ2v) is 4.87. The Morgan fingerprint density at radius 1 is 1.65 bits per heavy atom. The highest BCUT2D eigenvalue weighted by Crippen LogP contribution is 2.14. The van der Waals surface area contributed by atoms with Crippen molar-refractivity contribution in [2.45, 2.75) is 12.5 Å². The number of aromatic nitrogens is 1. The van der Waals surface area contributed by atoms with E-state index in [1.807, 2.05) is 6.26 Å². The van der Waals surface area contributed by atoms with Crippen LogP contribution in [-0.2, 0) is 0 Å². The van der Waals surface area contributed by atoms with Crippen LogP contribution in [0, 0.1) is 0 Å². The molecule has 1 rings (SSSR count). The normalized spacial score (nSPS) is 14.1. The zero-order valence-corrected chi connectivity index (χ0v) is 10.6. The van der Waals surface area contributed by atoms with Gasteiger partial charge in [0.1, 0.15) is 5.75 Å². The molecule has 0 radical (unpaired) electrons. The van der Waals surface area contributed by atoms with Gasteiger partial charge in [-0.15, -0.1) is 0 Å². The first-order valence-electron chi connectivity index (χ1n) is 5.09. The summed E-state index contributed by atoms with van der Waals surface area (Å²) in [5.74, 6) is -0.0731. The van der Waals surface area contributed by atoms with E-state index in [1.54, 1.807) is 6.92 Å². The Bertz CT molecular complexity index is 396. The molecule has 0 fully saturated rings. The lowest BCUT2D eigenvalue weighted by molar-refractivity contribution is 0.0723. The second kappa shape index (κ2) is 5.88. The zero-order chi connectivity index (χ0) is 12.9. The molecule has 0 saturated carbocycles. The third-order valence-corrected chi connectivity index (χ3v) is 3.04. The molecular formula is C11H16N2O3S. The van der Waals surface area contributed by atoms with E-state index in [1.165, 1.54) is 30.2 Å².